The van der Waals surface area contributed by atoms with E-state index >= 15 is 0 Å². The van der Waals surface area contributed by atoms with Crippen LogP contribution in [0.25, 0.3) is 0 Å². The summed E-state index contributed by atoms with van der Waals surface area (Å²) in [4.78, 5) is 83.6. The predicted octanol–water partition coefficient (Wildman–Crippen LogP) is 7.03. The molecule has 2 amide bonds. The number of fused-ring (bicyclic) bond motifs is 3. The Morgan fingerprint density at radius 2 is 1.62 bits per heavy atom. The number of nitrogens with zero attached hydrogens (tertiary/aromatic N) is 1. The number of amides is 2. The fourth-order valence-corrected chi connectivity index (χ4v) is 11.4. The fraction of sp³-hybridized carbons (Fsp3) is 0.778. The van der Waals surface area contributed by atoms with Gasteiger partial charge in [-0.05, 0) is 108 Å². The van der Waals surface area contributed by atoms with Crippen LogP contribution < -0.4 is 5.32 Å². The summed E-state index contributed by atoms with van der Waals surface area (Å²) in [6, 6.07) is -0.308. The number of allylic oxidation sites excluding steroid dienone is 4. The van der Waals surface area contributed by atoms with Crippen molar-refractivity contribution < 1.29 is 72.1 Å². The third kappa shape index (κ3) is 17.1. The molecule has 3 heterocycles. The molecule has 18 heteroatoms. The first-order valence-corrected chi connectivity index (χ1v) is 30.0. The second-order valence-corrected chi connectivity index (χ2v) is 27.8. The summed E-state index contributed by atoms with van der Waals surface area (Å²) < 4.78 is 41.4. The zero-order chi connectivity index (χ0) is 53.5. The predicted molar refractivity (Wildman–Crippen MR) is 273 cm³/mol. The van der Waals surface area contributed by atoms with Gasteiger partial charge in [-0.1, -0.05) is 64.2 Å². The Balaban J connectivity index is 1.60. The zero-order valence-electron chi connectivity index (χ0n) is 45.1. The molecule has 0 spiro atoms. The molecule has 3 N–H and O–H groups in total. The fourth-order valence-electron chi connectivity index (χ4n) is 10.7. The van der Waals surface area contributed by atoms with Gasteiger partial charge in [0.05, 0.1) is 31.0 Å². The highest BCUT2D eigenvalue weighted by Gasteiger charge is 2.56. The molecule has 3 aliphatic heterocycles. The standard InChI is InChI=1S/C54H88N2O15Si/c1-13-17-39-27-33(2)26-34(3)28-45(66-8)49-46(67-9)30-36(5)54(64,71-49)50(60)51(61)56-23-15-14-18-40(56)52(62)70-48(37(6)41(57)32-42(39)58)35(4)29-38-20-21-43(44(31-38)65-7)69-53(63)55-22-16-19-47(59)68-24-25-72(10,11)12/h13,27,29,34,36-41,43-46,48-49,57,64H,1,14-26,28,30-32H2,2-12H3,(H,55,63)/b33-27+,35-29?. The van der Waals surface area contributed by atoms with E-state index in [9.17, 15) is 39.0 Å². The maximum Gasteiger partial charge on any atom is 0.407 e. The minimum atomic E-state index is -2.55. The van der Waals surface area contributed by atoms with Crippen LogP contribution in [-0.4, -0.2) is 154 Å². The van der Waals surface area contributed by atoms with Crippen LogP contribution in [0, 0.1) is 29.6 Å². The van der Waals surface area contributed by atoms with Crippen molar-refractivity contribution in [2.45, 2.75) is 198 Å². The van der Waals surface area contributed by atoms with Crippen molar-refractivity contribution in [3.63, 3.8) is 0 Å². The van der Waals surface area contributed by atoms with Crippen LogP contribution in [0.4, 0.5) is 4.79 Å². The van der Waals surface area contributed by atoms with Crippen LogP contribution in [-0.2, 0) is 57.1 Å². The van der Waals surface area contributed by atoms with Crippen LogP contribution >= 0.6 is 0 Å². The highest BCUT2D eigenvalue weighted by molar-refractivity contribution is 6.76. The van der Waals surface area contributed by atoms with Crippen LogP contribution in [0.5, 0.6) is 0 Å². The number of hydrogen-bond donors (Lipinski definition) is 3. The number of cyclic esters (lactones) is 1. The number of rotatable bonds is 15. The van der Waals surface area contributed by atoms with Gasteiger partial charge in [0.15, 0.2) is 0 Å². The molecule has 0 aromatic heterocycles. The molecule has 0 radical (unpaired) electrons. The summed E-state index contributed by atoms with van der Waals surface area (Å²) in [5.41, 5.74) is 1.53. The summed E-state index contributed by atoms with van der Waals surface area (Å²) in [6.45, 7) is 20.3. The van der Waals surface area contributed by atoms with Crippen molar-refractivity contribution >= 4 is 43.6 Å². The van der Waals surface area contributed by atoms with Gasteiger partial charge in [0.1, 0.15) is 30.1 Å². The van der Waals surface area contributed by atoms with Crippen molar-refractivity contribution in [3.8, 4) is 0 Å². The molecular weight excluding hydrogens is 945 g/mol. The quantitative estimate of drug-likeness (QED) is 0.0374. The summed E-state index contributed by atoms with van der Waals surface area (Å²) in [5.74, 6) is -8.51. The van der Waals surface area contributed by atoms with Crippen LogP contribution in [0.15, 0.2) is 36.0 Å². The van der Waals surface area contributed by atoms with E-state index in [2.05, 4.69) is 31.5 Å². The van der Waals surface area contributed by atoms with Crippen molar-refractivity contribution in [3.05, 3.63) is 36.0 Å². The van der Waals surface area contributed by atoms with Gasteiger partial charge in [-0.3, -0.25) is 19.2 Å². The number of carbonyl (C=O) groups is 6. The van der Waals surface area contributed by atoms with Crippen LogP contribution in [0.1, 0.15) is 118 Å². The first-order chi connectivity index (χ1) is 34.0. The molecule has 2 saturated heterocycles. The lowest BCUT2D eigenvalue weighted by Gasteiger charge is -2.47. The van der Waals surface area contributed by atoms with E-state index in [1.165, 1.54) is 14.2 Å². The molecule has 14 atom stereocenters. The molecule has 3 fully saturated rings. The van der Waals surface area contributed by atoms with Gasteiger partial charge in [0.2, 0.25) is 5.79 Å². The lowest BCUT2D eigenvalue weighted by atomic mass is 9.81. The van der Waals surface area contributed by atoms with Gasteiger partial charge in [0, 0.05) is 73.1 Å². The van der Waals surface area contributed by atoms with Crippen molar-refractivity contribution in [2.24, 2.45) is 29.6 Å². The number of alkyl carbamates (subject to hydrolysis) is 1. The SMILES string of the molecule is C=CCC1/C=C(\C)CC(C)CC(OC)C2OC(O)(C(=O)C(=O)N3CCCCC3C(=O)OC(C(C)=CC3CCC(OC(=O)NCCCC(=O)OCC[Si](C)(C)C)C(OC)C3)C(C)C(O)CC1=O)C(C)CC2OC. The smallest absolute Gasteiger partial charge is 0.407 e. The number of aliphatic hydroxyl groups excluding tert-OH is 1. The first-order valence-electron chi connectivity index (χ1n) is 26.3. The van der Waals surface area contributed by atoms with E-state index in [1.807, 2.05) is 26.0 Å². The van der Waals surface area contributed by atoms with Gasteiger partial charge in [-0.2, -0.15) is 0 Å². The maximum absolute atomic E-state index is 14.6. The number of piperidine rings is 1. The Labute approximate surface area is 429 Å². The van der Waals surface area contributed by atoms with Gasteiger partial charge in [0.25, 0.3) is 11.7 Å². The Kier molecular flexibility index (Phi) is 23.8. The largest absolute Gasteiger partial charge is 0.466 e. The summed E-state index contributed by atoms with van der Waals surface area (Å²) in [7, 11) is 3.26. The molecule has 4 rings (SSSR count). The molecule has 14 unspecified atom stereocenters. The molecule has 72 heavy (non-hydrogen) atoms. The number of carbonyl (C=O) groups excluding carboxylic acids is 6. The van der Waals surface area contributed by atoms with Gasteiger partial charge >= 0.3 is 18.0 Å². The third-order valence-electron chi connectivity index (χ3n) is 15.0. The molecule has 408 valence electrons. The molecule has 1 saturated carbocycles. The Morgan fingerprint density at radius 1 is 0.944 bits per heavy atom. The second-order valence-electron chi connectivity index (χ2n) is 22.2. The van der Waals surface area contributed by atoms with E-state index in [0.29, 0.717) is 70.0 Å². The van der Waals surface area contributed by atoms with Gasteiger partial charge in [-0.25, -0.2) is 9.59 Å². The van der Waals surface area contributed by atoms with Crippen molar-refractivity contribution in [1.82, 2.24) is 10.2 Å². The Morgan fingerprint density at radius 3 is 2.28 bits per heavy atom. The average Bonchev–Trinajstić information content (AvgIpc) is 3.33. The second kappa shape index (κ2) is 28.2. The highest BCUT2D eigenvalue weighted by atomic mass is 28.3. The highest BCUT2D eigenvalue weighted by Crippen LogP contribution is 2.39. The van der Waals surface area contributed by atoms with E-state index in [0.717, 1.165) is 16.5 Å². The number of esters is 2. The average molecular weight is 1030 g/mol. The number of ether oxygens (including phenoxy) is 7. The van der Waals surface area contributed by atoms with E-state index in [1.54, 1.807) is 34.0 Å². The summed E-state index contributed by atoms with van der Waals surface area (Å²) in [6.07, 6.45) is 4.03. The monoisotopic (exact) mass is 1030 g/mol. The number of nitrogens with one attached hydrogen (secondary N) is 1. The number of aliphatic hydroxyl groups is 2. The molecule has 0 aromatic rings. The minimum absolute atomic E-state index is 0.0190. The van der Waals surface area contributed by atoms with E-state index < -0.39 is 104 Å². The zero-order valence-corrected chi connectivity index (χ0v) is 46.1. The topological polar surface area (TPSA) is 223 Å². The van der Waals surface area contributed by atoms with Gasteiger partial charge < -0.3 is 53.6 Å². The minimum Gasteiger partial charge on any atom is -0.466 e. The lowest BCUT2D eigenvalue weighted by molar-refractivity contribution is -0.302. The van der Waals surface area contributed by atoms with Crippen LogP contribution in [0.3, 0.4) is 0 Å². The van der Waals surface area contributed by atoms with E-state index in [-0.39, 0.29) is 62.4 Å². The Bertz CT molecular complexity index is 1920. The van der Waals surface area contributed by atoms with Gasteiger partial charge in [-0.15, -0.1) is 6.58 Å². The molecule has 2 bridgehead atoms. The lowest BCUT2D eigenvalue weighted by Crippen LogP contribution is -2.64. The Hall–Kier alpha value is -3.78. The van der Waals surface area contributed by atoms with Crippen molar-refractivity contribution in [2.75, 3.05) is 41.0 Å². The number of Topliss-reactive ketones (excluding diaryl/α,β-unsaturated/α-hetero) is 2. The third-order valence-corrected chi connectivity index (χ3v) is 16.8. The molecule has 0 aromatic carbocycles. The van der Waals surface area contributed by atoms with Crippen molar-refractivity contribution in [1.29, 1.82) is 0 Å². The molecule has 17 nitrogen and oxygen atoms in total. The number of methoxy groups -OCH3 is 3. The number of ketones is 2. The van der Waals surface area contributed by atoms with Crippen LogP contribution in [0.2, 0.25) is 25.7 Å². The van der Waals surface area contributed by atoms with E-state index in [4.69, 9.17) is 33.2 Å². The number of hydrogen-bond acceptors (Lipinski definition) is 15. The molecule has 1 aliphatic carbocycles. The summed E-state index contributed by atoms with van der Waals surface area (Å²) >= 11 is 0. The molecule has 4 aliphatic rings. The summed E-state index contributed by atoms with van der Waals surface area (Å²) in [5, 5.41) is 26.8. The molecular formula is C54H88N2O15Si. The first kappa shape index (κ1) is 60.8. The normalized spacial score (nSPS) is 34.9. The maximum atomic E-state index is 14.6.